The number of aliphatic carboxylic acids is 1. The van der Waals surface area contributed by atoms with Crippen molar-refractivity contribution in [3.05, 3.63) is 0 Å². The minimum Gasteiger partial charge on any atom is -0.481 e. The van der Waals surface area contributed by atoms with Crippen LogP contribution in [0.25, 0.3) is 0 Å². The minimum atomic E-state index is -0.851. The van der Waals surface area contributed by atoms with Crippen molar-refractivity contribution < 1.29 is 14.7 Å². The van der Waals surface area contributed by atoms with Gasteiger partial charge in [-0.2, -0.15) is 0 Å². The van der Waals surface area contributed by atoms with Gasteiger partial charge >= 0.3 is 5.97 Å². The Morgan fingerprint density at radius 1 is 1.25 bits per heavy atom. The Bertz CT molecular complexity index is 368. The zero-order valence-electron chi connectivity index (χ0n) is 13.1. The molecule has 20 heavy (non-hydrogen) atoms. The molecule has 1 unspecified atom stereocenters. The van der Waals surface area contributed by atoms with Gasteiger partial charge in [0.05, 0.1) is 18.0 Å². The molecule has 0 spiro atoms. The maximum absolute atomic E-state index is 12.6. The fraction of sp³-hybridized carbons (Fsp3) is 0.867. The molecule has 3 N–H and O–H groups in total. The highest BCUT2D eigenvalue weighted by atomic mass is 16.4. The quantitative estimate of drug-likeness (QED) is 0.827. The lowest BCUT2D eigenvalue weighted by Crippen LogP contribution is -2.58. The van der Waals surface area contributed by atoms with Crippen LogP contribution >= 0.6 is 0 Å². The van der Waals surface area contributed by atoms with Gasteiger partial charge in [-0.05, 0) is 18.3 Å². The summed E-state index contributed by atoms with van der Waals surface area (Å²) in [4.78, 5) is 25.4. The molecule has 1 rings (SSSR count). The van der Waals surface area contributed by atoms with Crippen molar-refractivity contribution in [2.45, 2.75) is 70.9 Å². The standard InChI is InChI=1S/C15H28N2O3/c1-14(2,3)12(16)13(20)17(4)15(10-11(18)19)8-6-5-7-9-15/h12H,5-10,16H2,1-4H3,(H,18,19). The lowest BCUT2D eigenvalue weighted by atomic mass is 9.77. The highest BCUT2D eigenvalue weighted by Gasteiger charge is 2.43. The third-order valence-electron chi connectivity index (χ3n) is 4.51. The van der Waals surface area contributed by atoms with E-state index in [-0.39, 0.29) is 17.7 Å². The van der Waals surface area contributed by atoms with E-state index in [0.717, 1.165) is 32.1 Å². The van der Waals surface area contributed by atoms with E-state index in [9.17, 15) is 14.7 Å². The molecule has 1 atom stereocenters. The summed E-state index contributed by atoms with van der Waals surface area (Å²) in [5, 5.41) is 9.19. The van der Waals surface area contributed by atoms with Gasteiger partial charge in [-0.25, -0.2) is 0 Å². The van der Waals surface area contributed by atoms with Gasteiger partial charge in [0.1, 0.15) is 0 Å². The molecule has 1 aliphatic carbocycles. The number of hydrogen-bond donors (Lipinski definition) is 2. The highest BCUT2D eigenvalue weighted by molar-refractivity contribution is 5.83. The molecule has 0 heterocycles. The van der Waals surface area contributed by atoms with Crippen LogP contribution in [0.15, 0.2) is 0 Å². The third kappa shape index (κ3) is 3.72. The minimum absolute atomic E-state index is 0.00605. The van der Waals surface area contributed by atoms with E-state index in [1.54, 1.807) is 11.9 Å². The van der Waals surface area contributed by atoms with E-state index in [2.05, 4.69) is 0 Å². The van der Waals surface area contributed by atoms with Crippen LogP contribution in [0.3, 0.4) is 0 Å². The van der Waals surface area contributed by atoms with Crippen molar-refractivity contribution in [2.75, 3.05) is 7.05 Å². The molecule has 0 aliphatic heterocycles. The topological polar surface area (TPSA) is 83.6 Å². The Balaban J connectivity index is 2.96. The molecular formula is C15H28N2O3. The zero-order chi connectivity index (χ0) is 15.6. The summed E-state index contributed by atoms with van der Waals surface area (Å²) in [5.41, 5.74) is 5.16. The first kappa shape index (κ1) is 17.0. The summed E-state index contributed by atoms with van der Waals surface area (Å²) in [5.74, 6) is -1.00. The average Bonchev–Trinajstić information content (AvgIpc) is 2.35. The molecule has 1 amide bonds. The van der Waals surface area contributed by atoms with E-state index in [1.165, 1.54) is 0 Å². The maximum atomic E-state index is 12.6. The Kier molecular flexibility index (Phi) is 5.19. The Hall–Kier alpha value is -1.10. The average molecular weight is 284 g/mol. The normalized spacial score (nSPS) is 20.2. The molecule has 0 aromatic heterocycles. The van der Waals surface area contributed by atoms with Crippen LogP contribution in [0.2, 0.25) is 0 Å². The van der Waals surface area contributed by atoms with Crippen LogP contribution in [-0.4, -0.2) is 40.5 Å². The summed E-state index contributed by atoms with van der Waals surface area (Å²) < 4.78 is 0. The zero-order valence-corrected chi connectivity index (χ0v) is 13.1. The summed E-state index contributed by atoms with van der Waals surface area (Å²) in [7, 11) is 1.71. The molecule has 0 saturated heterocycles. The van der Waals surface area contributed by atoms with Crippen LogP contribution in [0.1, 0.15) is 59.3 Å². The molecule has 0 radical (unpaired) electrons. The van der Waals surface area contributed by atoms with Gasteiger partial charge in [0, 0.05) is 7.05 Å². The van der Waals surface area contributed by atoms with Crippen molar-refractivity contribution in [1.29, 1.82) is 0 Å². The fourth-order valence-electron chi connectivity index (χ4n) is 2.93. The van der Waals surface area contributed by atoms with Crippen molar-refractivity contribution in [3.63, 3.8) is 0 Å². The Morgan fingerprint density at radius 3 is 2.15 bits per heavy atom. The number of nitrogens with zero attached hydrogens (tertiary/aromatic N) is 1. The van der Waals surface area contributed by atoms with Gasteiger partial charge in [-0.1, -0.05) is 40.0 Å². The van der Waals surface area contributed by atoms with Gasteiger partial charge in [0.15, 0.2) is 0 Å². The van der Waals surface area contributed by atoms with Crippen molar-refractivity contribution in [3.8, 4) is 0 Å². The monoisotopic (exact) mass is 284 g/mol. The maximum Gasteiger partial charge on any atom is 0.305 e. The van der Waals surface area contributed by atoms with E-state index in [4.69, 9.17) is 5.73 Å². The molecular weight excluding hydrogens is 256 g/mol. The molecule has 5 heteroatoms. The third-order valence-corrected chi connectivity index (χ3v) is 4.51. The van der Waals surface area contributed by atoms with Gasteiger partial charge in [-0.15, -0.1) is 0 Å². The SMILES string of the molecule is CN(C(=O)C(N)C(C)(C)C)C1(CC(=O)O)CCCCC1. The van der Waals surface area contributed by atoms with Crippen molar-refractivity contribution in [1.82, 2.24) is 4.90 Å². The number of hydrogen-bond acceptors (Lipinski definition) is 3. The first-order valence-electron chi connectivity index (χ1n) is 7.35. The molecule has 1 aliphatic rings. The van der Waals surface area contributed by atoms with Crippen molar-refractivity contribution >= 4 is 11.9 Å². The first-order chi connectivity index (χ1) is 9.10. The number of amides is 1. The van der Waals surface area contributed by atoms with Gasteiger partial charge < -0.3 is 15.7 Å². The van der Waals surface area contributed by atoms with Crippen LogP contribution in [0.5, 0.6) is 0 Å². The Morgan fingerprint density at radius 2 is 1.75 bits per heavy atom. The van der Waals surface area contributed by atoms with Gasteiger partial charge in [0.25, 0.3) is 0 Å². The molecule has 0 aromatic rings. The van der Waals surface area contributed by atoms with Gasteiger partial charge in [0.2, 0.25) is 5.91 Å². The molecule has 1 saturated carbocycles. The summed E-state index contributed by atoms with van der Waals surface area (Å²) in [6.45, 7) is 5.77. The number of carboxylic acid groups (broad SMARTS) is 1. The lowest BCUT2D eigenvalue weighted by molar-refractivity contribution is -0.147. The summed E-state index contributed by atoms with van der Waals surface area (Å²) >= 11 is 0. The lowest BCUT2D eigenvalue weighted by Gasteiger charge is -2.45. The van der Waals surface area contributed by atoms with E-state index in [1.807, 2.05) is 20.8 Å². The largest absolute Gasteiger partial charge is 0.481 e. The molecule has 116 valence electrons. The second-order valence-electron chi connectivity index (χ2n) is 7.10. The summed E-state index contributed by atoms with van der Waals surface area (Å²) in [6.07, 6.45) is 4.54. The molecule has 0 bridgehead atoms. The smallest absolute Gasteiger partial charge is 0.305 e. The number of rotatable bonds is 4. The van der Waals surface area contributed by atoms with Gasteiger partial charge in [-0.3, -0.25) is 9.59 Å². The van der Waals surface area contributed by atoms with E-state index < -0.39 is 17.6 Å². The number of carbonyl (C=O) groups is 2. The number of likely N-dealkylation sites (N-methyl/N-ethyl adjacent to an activating group) is 1. The predicted octanol–water partition coefficient (Wildman–Crippen LogP) is 2.00. The Labute approximate surface area is 121 Å². The van der Waals surface area contributed by atoms with E-state index >= 15 is 0 Å². The number of nitrogens with two attached hydrogens (primary N) is 1. The highest BCUT2D eigenvalue weighted by Crippen LogP contribution is 2.37. The molecule has 5 nitrogen and oxygen atoms in total. The summed E-state index contributed by atoms with van der Waals surface area (Å²) in [6, 6.07) is -0.611. The number of carboxylic acids is 1. The fourth-order valence-corrected chi connectivity index (χ4v) is 2.93. The van der Waals surface area contributed by atoms with Crippen molar-refractivity contribution in [2.24, 2.45) is 11.1 Å². The second-order valence-corrected chi connectivity index (χ2v) is 7.10. The molecule has 1 fully saturated rings. The predicted molar refractivity (Wildman–Crippen MR) is 78.3 cm³/mol. The second kappa shape index (κ2) is 6.12. The molecule has 0 aromatic carbocycles. The first-order valence-corrected chi connectivity index (χ1v) is 7.35. The van der Waals surface area contributed by atoms with E-state index in [0.29, 0.717) is 0 Å². The van der Waals surface area contributed by atoms with Crippen LogP contribution in [0.4, 0.5) is 0 Å². The van der Waals surface area contributed by atoms with Crippen LogP contribution in [-0.2, 0) is 9.59 Å². The van der Waals surface area contributed by atoms with Crippen LogP contribution in [0, 0.1) is 5.41 Å². The van der Waals surface area contributed by atoms with Crippen LogP contribution < -0.4 is 5.73 Å². The number of carbonyl (C=O) groups excluding carboxylic acids is 1.